The highest BCUT2D eigenvalue weighted by molar-refractivity contribution is 7.86. The second-order valence-corrected chi connectivity index (χ2v) is 11.0. The summed E-state index contributed by atoms with van der Waals surface area (Å²) in [6.07, 6.45) is -2.67. The molecule has 0 unspecified atom stereocenters. The van der Waals surface area contributed by atoms with E-state index in [1.807, 2.05) is 91.0 Å². The van der Waals surface area contributed by atoms with Gasteiger partial charge in [-0.2, -0.15) is 8.42 Å². The van der Waals surface area contributed by atoms with Crippen LogP contribution in [0.3, 0.4) is 0 Å². The Hall–Kier alpha value is -2.92. The number of aldehydes is 1. The zero-order valence-corrected chi connectivity index (χ0v) is 22.7. The Bertz CT molecular complexity index is 1240. The van der Waals surface area contributed by atoms with Crippen molar-refractivity contribution in [3.63, 3.8) is 0 Å². The summed E-state index contributed by atoms with van der Waals surface area (Å²) < 4.78 is 55.0. The summed E-state index contributed by atoms with van der Waals surface area (Å²) in [5, 5.41) is 0. The lowest BCUT2D eigenvalue weighted by atomic mass is 9.93. The first-order chi connectivity index (χ1) is 18.9. The first-order valence-corrected chi connectivity index (χ1v) is 14.6. The van der Waals surface area contributed by atoms with Crippen LogP contribution in [0.4, 0.5) is 0 Å². The van der Waals surface area contributed by atoms with Crippen molar-refractivity contribution in [1.29, 1.82) is 0 Å². The lowest BCUT2D eigenvalue weighted by molar-refractivity contribution is -0.254. The molecule has 1 aliphatic rings. The highest BCUT2D eigenvalue weighted by atomic mass is 32.2. The van der Waals surface area contributed by atoms with E-state index in [9.17, 15) is 13.2 Å². The molecule has 0 aromatic heterocycles. The van der Waals surface area contributed by atoms with Gasteiger partial charge in [-0.15, -0.1) is 0 Å². The molecule has 4 rings (SSSR count). The number of hydrogen-bond acceptors (Lipinski definition) is 8. The summed E-state index contributed by atoms with van der Waals surface area (Å²) in [4.78, 5) is 11.6. The Kier molecular flexibility index (Phi) is 10.8. The van der Waals surface area contributed by atoms with Gasteiger partial charge in [-0.1, -0.05) is 91.0 Å². The summed E-state index contributed by atoms with van der Waals surface area (Å²) in [7, 11) is -3.91. The van der Waals surface area contributed by atoms with E-state index in [4.69, 9.17) is 23.1 Å². The average molecular weight is 555 g/mol. The molecule has 1 fully saturated rings. The maximum atomic E-state index is 12.3. The van der Waals surface area contributed by atoms with Crippen molar-refractivity contribution in [3.05, 3.63) is 108 Å². The molecule has 0 bridgehead atoms. The third-order valence-corrected chi connectivity index (χ3v) is 6.88. The summed E-state index contributed by atoms with van der Waals surface area (Å²) in [5.74, 6) is 0. The van der Waals surface area contributed by atoms with Gasteiger partial charge in [0.2, 0.25) is 0 Å². The van der Waals surface area contributed by atoms with Gasteiger partial charge < -0.3 is 23.7 Å². The average Bonchev–Trinajstić information content (AvgIpc) is 2.94. The first kappa shape index (κ1) is 29.1. The van der Waals surface area contributed by atoms with E-state index in [0.29, 0.717) is 12.9 Å². The predicted molar refractivity (Wildman–Crippen MR) is 145 cm³/mol. The van der Waals surface area contributed by atoms with Crippen molar-refractivity contribution in [2.75, 3.05) is 12.9 Å². The highest BCUT2D eigenvalue weighted by Gasteiger charge is 2.49. The van der Waals surface area contributed by atoms with Gasteiger partial charge in [0.25, 0.3) is 10.1 Å². The third kappa shape index (κ3) is 9.06. The van der Waals surface area contributed by atoms with Crippen molar-refractivity contribution in [3.8, 4) is 0 Å². The standard InChI is InChI=1S/C30H34O8S/c1-39(32,33)38-29-26(17-18-31)37-27(22-34-19-23-11-5-2-6-12-23)28(35-20-24-13-7-3-8-14-24)30(29)36-21-25-15-9-4-10-16-25/h2-16,18,26-30H,17,19-22H2,1H3/t26-,27-,28-,29+,30+/m1/s1. The molecule has 208 valence electrons. The van der Waals surface area contributed by atoms with Gasteiger partial charge in [0.05, 0.1) is 38.8 Å². The van der Waals surface area contributed by atoms with Gasteiger partial charge in [0, 0.05) is 6.42 Å². The molecule has 0 saturated carbocycles. The summed E-state index contributed by atoms with van der Waals surface area (Å²) in [5.41, 5.74) is 2.82. The molecule has 3 aromatic carbocycles. The summed E-state index contributed by atoms with van der Waals surface area (Å²) >= 11 is 0. The number of carbonyl (C=O) groups excluding carboxylic acids is 1. The SMILES string of the molecule is CS(=O)(=O)O[C@@H]1[C@@H](OCc2ccccc2)[C@H](OCc2ccccc2)[C@@H](COCc2ccccc2)O[C@@H]1CC=O. The number of rotatable bonds is 14. The molecule has 3 aromatic rings. The van der Waals surface area contributed by atoms with Crippen LogP contribution in [0.25, 0.3) is 0 Å². The fourth-order valence-corrected chi connectivity index (χ4v) is 5.16. The van der Waals surface area contributed by atoms with Crippen LogP contribution in [0.1, 0.15) is 23.1 Å². The summed E-state index contributed by atoms with van der Waals surface area (Å²) in [6.45, 7) is 0.911. The van der Waals surface area contributed by atoms with Crippen LogP contribution in [0.2, 0.25) is 0 Å². The summed E-state index contributed by atoms with van der Waals surface area (Å²) in [6, 6.07) is 28.8. The van der Waals surface area contributed by atoms with E-state index in [1.54, 1.807) is 0 Å². The Morgan fingerprint density at radius 3 is 1.67 bits per heavy atom. The van der Waals surface area contributed by atoms with Crippen molar-refractivity contribution >= 4 is 16.4 Å². The quantitative estimate of drug-likeness (QED) is 0.217. The predicted octanol–water partition coefficient (Wildman–Crippen LogP) is 4.08. The molecule has 1 heterocycles. The minimum atomic E-state index is -3.91. The molecule has 9 heteroatoms. The number of benzene rings is 3. The van der Waals surface area contributed by atoms with Crippen LogP contribution in [0.15, 0.2) is 91.0 Å². The van der Waals surface area contributed by atoms with Crippen molar-refractivity contribution in [1.82, 2.24) is 0 Å². The van der Waals surface area contributed by atoms with Crippen LogP contribution in [-0.4, -0.2) is 58.1 Å². The molecule has 0 aliphatic carbocycles. The van der Waals surface area contributed by atoms with E-state index in [0.717, 1.165) is 22.9 Å². The maximum absolute atomic E-state index is 12.3. The zero-order chi connectivity index (χ0) is 27.5. The normalized spacial score (nSPS) is 23.4. The Balaban J connectivity index is 1.61. The Morgan fingerprint density at radius 2 is 1.18 bits per heavy atom. The minimum Gasteiger partial charge on any atom is -0.374 e. The molecule has 1 saturated heterocycles. The Labute approximate surface area is 229 Å². The van der Waals surface area contributed by atoms with Crippen LogP contribution >= 0.6 is 0 Å². The highest BCUT2D eigenvalue weighted by Crippen LogP contribution is 2.32. The van der Waals surface area contributed by atoms with Crippen LogP contribution in [0.5, 0.6) is 0 Å². The Morgan fingerprint density at radius 1 is 0.692 bits per heavy atom. The molecule has 5 atom stereocenters. The van der Waals surface area contributed by atoms with Crippen molar-refractivity contribution in [2.45, 2.75) is 56.8 Å². The number of ether oxygens (including phenoxy) is 4. The third-order valence-electron chi connectivity index (χ3n) is 6.31. The second-order valence-electron chi connectivity index (χ2n) is 9.40. The van der Waals surface area contributed by atoms with Gasteiger partial charge in [0.15, 0.2) is 0 Å². The van der Waals surface area contributed by atoms with Crippen molar-refractivity contribution in [2.24, 2.45) is 0 Å². The van der Waals surface area contributed by atoms with Gasteiger partial charge in [-0.25, -0.2) is 0 Å². The van der Waals surface area contributed by atoms with Gasteiger partial charge in [-0.3, -0.25) is 4.18 Å². The molecular weight excluding hydrogens is 520 g/mol. The van der Waals surface area contributed by atoms with Gasteiger partial charge in [-0.05, 0) is 16.7 Å². The number of carbonyl (C=O) groups is 1. The van der Waals surface area contributed by atoms with Gasteiger partial charge in [0.1, 0.15) is 30.7 Å². The monoisotopic (exact) mass is 554 g/mol. The largest absolute Gasteiger partial charge is 0.374 e. The molecule has 0 N–H and O–H groups in total. The topological polar surface area (TPSA) is 97.4 Å². The number of hydrogen-bond donors (Lipinski definition) is 0. The minimum absolute atomic E-state index is 0.0774. The molecular formula is C30H34O8S. The van der Waals surface area contributed by atoms with E-state index in [-0.39, 0.29) is 26.2 Å². The fourth-order valence-electron chi connectivity index (χ4n) is 4.52. The maximum Gasteiger partial charge on any atom is 0.264 e. The lowest BCUT2D eigenvalue weighted by Gasteiger charge is -2.45. The molecule has 1 aliphatic heterocycles. The molecule has 0 amide bonds. The molecule has 0 spiro atoms. The van der Waals surface area contributed by atoms with Gasteiger partial charge >= 0.3 is 0 Å². The fraction of sp³-hybridized carbons (Fsp3) is 0.367. The molecule has 8 nitrogen and oxygen atoms in total. The molecule has 0 radical (unpaired) electrons. The van der Waals surface area contributed by atoms with Crippen LogP contribution in [0, 0.1) is 0 Å². The van der Waals surface area contributed by atoms with E-state index >= 15 is 0 Å². The van der Waals surface area contributed by atoms with E-state index in [2.05, 4.69) is 0 Å². The smallest absolute Gasteiger partial charge is 0.264 e. The van der Waals surface area contributed by atoms with Crippen LogP contribution < -0.4 is 0 Å². The van der Waals surface area contributed by atoms with Crippen LogP contribution in [-0.2, 0) is 57.9 Å². The lowest BCUT2D eigenvalue weighted by Crippen LogP contribution is -2.61. The second kappa shape index (κ2) is 14.5. The van der Waals surface area contributed by atoms with Crippen molar-refractivity contribution < 1.29 is 36.3 Å². The first-order valence-electron chi connectivity index (χ1n) is 12.8. The van der Waals surface area contributed by atoms with E-state index in [1.165, 1.54) is 0 Å². The molecule has 39 heavy (non-hydrogen) atoms. The zero-order valence-electron chi connectivity index (χ0n) is 21.8. The van der Waals surface area contributed by atoms with E-state index < -0.39 is 40.6 Å².